The van der Waals surface area contributed by atoms with Crippen molar-refractivity contribution in [1.29, 1.82) is 0 Å². The highest BCUT2D eigenvalue weighted by Gasteiger charge is 2.14. The highest BCUT2D eigenvalue weighted by molar-refractivity contribution is 9.10. The molecule has 3 heterocycles. The van der Waals surface area contributed by atoms with Crippen molar-refractivity contribution >= 4 is 44.2 Å². The zero-order valence-corrected chi connectivity index (χ0v) is 15.2. The minimum absolute atomic E-state index is 0.219. The number of aryl methyl sites for hydroxylation is 1. The molecule has 0 aliphatic carbocycles. The molecule has 0 bridgehead atoms. The van der Waals surface area contributed by atoms with E-state index in [1.54, 1.807) is 25.3 Å². The Morgan fingerprint density at radius 2 is 2.08 bits per heavy atom. The van der Waals surface area contributed by atoms with Gasteiger partial charge in [0.2, 0.25) is 5.88 Å². The van der Waals surface area contributed by atoms with Crippen LogP contribution in [-0.2, 0) is 0 Å². The quantitative estimate of drug-likeness (QED) is 0.512. The van der Waals surface area contributed by atoms with E-state index in [0.717, 1.165) is 9.86 Å². The summed E-state index contributed by atoms with van der Waals surface area (Å²) >= 11 is 3.51. The monoisotopic (exact) mass is 412 g/mol. The van der Waals surface area contributed by atoms with Crippen molar-refractivity contribution in [2.24, 2.45) is 0 Å². The lowest BCUT2D eigenvalue weighted by molar-refractivity contribution is 0.400. The predicted octanol–water partition coefficient (Wildman–Crippen LogP) is 4.20. The maximum Gasteiger partial charge on any atom is 0.248 e. The second-order valence-corrected chi connectivity index (χ2v) is 6.29. The van der Waals surface area contributed by atoms with Gasteiger partial charge in [-0.25, -0.2) is 4.98 Å². The van der Waals surface area contributed by atoms with Crippen molar-refractivity contribution in [2.75, 3.05) is 11.1 Å². The number of anilines is 3. The molecule has 0 aliphatic rings. The summed E-state index contributed by atoms with van der Waals surface area (Å²) in [6, 6.07) is 9.22. The van der Waals surface area contributed by atoms with Crippen molar-refractivity contribution in [3.8, 4) is 11.6 Å². The van der Waals surface area contributed by atoms with Gasteiger partial charge in [0.05, 0.1) is 0 Å². The van der Waals surface area contributed by atoms with Gasteiger partial charge < -0.3 is 20.3 Å². The first-order chi connectivity index (χ1) is 12.6. The zero-order chi connectivity index (χ0) is 18.1. The molecule has 0 saturated heterocycles. The van der Waals surface area contributed by atoms with Gasteiger partial charge in [0.15, 0.2) is 17.4 Å². The van der Waals surface area contributed by atoms with E-state index in [9.17, 15) is 0 Å². The van der Waals surface area contributed by atoms with Crippen LogP contribution in [-0.4, -0.2) is 20.1 Å². The Morgan fingerprint density at radius 1 is 1.19 bits per heavy atom. The molecule has 8 nitrogen and oxygen atoms in total. The molecule has 130 valence electrons. The minimum Gasteiger partial charge on any atom is -0.435 e. The molecule has 4 aromatic rings. The van der Waals surface area contributed by atoms with Gasteiger partial charge in [-0.15, -0.1) is 0 Å². The number of nitrogens with zero attached hydrogens (tertiary/aromatic N) is 4. The summed E-state index contributed by atoms with van der Waals surface area (Å²) in [6.45, 7) is 1.79. The number of pyridine rings is 1. The van der Waals surface area contributed by atoms with Crippen LogP contribution in [0.3, 0.4) is 0 Å². The SMILES string of the molecule is Cc1cc(Nc2ncnc(Oc3ccc(Br)c4cccnc34)c2N)no1. The van der Waals surface area contributed by atoms with Gasteiger partial charge in [-0.3, -0.25) is 4.98 Å². The number of benzene rings is 1. The summed E-state index contributed by atoms with van der Waals surface area (Å²) in [7, 11) is 0. The molecular formula is C17H13BrN6O2. The molecule has 0 atom stereocenters. The van der Waals surface area contributed by atoms with Gasteiger partial charge in [-0.2, -0.15) is 4.98 Å². The minimum atomic E-state index is 0.219. The Labute approximate surface area is 156 Å². The molecule has 4 rings (SSSR count). The fourth-order valence-electron chi connectivity index (χ4n) is 2.41. The second kappa shape index (κ2) is 6.60. The van der Waals surface area contributed by atoms with Crippen LogP contribution in [0.25, 0.3) is 10.9 Å². The standard InChI is InChI=1S/C17H13BrN6O2/c1-9-7-13(24-26-9)23-16-14(19)17(22-8-21-16)25-12-5-4-11(18)10-3-2-6-20-15(10)12/h2-8H,19H2,1H3,(H,21,22,23,24). The first-order valence-electron chi connectivity index (χ1n) is 7.64. The molecule has 1 aromatic carbocycles. The highest BCUT2D eigenvalue weighted by atomic mass is 79.9. The average molecular weight is 413 g/mol. The number of nitrogens with one attached hydrogen (secondary N) is 1. The van der Waals surface area contributed by atoms with Gasteiger partial charge in [-0.1, -0.05) is 27.2 Å². The Morgan fingerprint density at radius 3 is 2.88 bits per heavy atom. The van der Waals surface area contributed by atoms with Crippen molar-refractivity contribution in [3.05, 3.63) is 53.1 Å². The molecule has 0 saturated carbocycles. The molecule has 0 aliphatic heterocycles. The Bertz CT molecular complexity index is 1100. The van der Waals surface area contributed by atoms with E-state index in [1.165, 1.54) is 6.33 Å². The van der Waals surface area contributed by atoms with Crippen molar-refractivity contribution in [3.63, 3.8) is 0 Å². The van der Waals surface area contributed by atoms with Gasteiger partial charge in [-0.05, 0) is 25.1 Å². The van der Waals surface area contributed by atoms with Gasteiger partial charge >= 0.3 is 0 Å². The largest absolute Gasteiger partial charge is 0.435 e. The summed E-state index contributed by atoms with van der Waals surface area (Å²) in [5, 5.41) is 7.76. The lowest BCUT2D eigenvalue weighted by Gasteiger charge is -2.12. The molecule has 0 spiro atoms. The third-order valence-corrected chi connectivity index (χ3v) is 4.30. The smallest absolute Gasteiger partial charge is 0.248 e. The Kier molecular flexibility index (Phi) is 4.13. The van der Waals surface area contributed by atoms with E-state index in [4.69, 9.17) is 15.0 Å². The molecule has 26 heavy (non-hydrogen) atoms. The van der Waals surface area contributed by atoms with E-state index < -0.39 is 0 Å². The van der Waals surface area contributed by atoms with Crippen LogP contribution in [0.1, 0.15) is 5.76 Å². The summed E-state index contributed by atoms with van der Waals surface area (Å²) in [5.41, 5.74) is 7.11. The van der Waals surface area contributed by atoms with Crippen molar-refractivity contribution in [1.82, 2.24) is 20.1 Å². The van der Waals surface area contributed by atoms with Crippen molar-refractivity contribution < 1.29 is 9.26 Å². The summed E-state index contributed by atoms with van der Waals surface area (Å²) in [6.07, 6.45) is 3.06. The maximum atomic E-state index is 6.16. The van der Waals surface area contributed by atoms with Crippen LogP contribution in [0.15, 0.2) is 51.9 Å². The predicted molar refractivity (Wildman–Crippen MR) is 100 cm³/mol. The van der Waals surface area contributed by atoms with Crippen LogP contribution in [0.4, 0.5) is 17.3 Å². The maximum absolute atomic E-state index is 6.16. The number of hydrogen-bond donors (Lipinski definition) is 2. The van der Waals surface area contributed by atoms with E-state index >= 15 is 0 Å². The highest BCUT2D eigenvalue weighted by Crippen LogP contribution is 2.35. The number of rotatable bonds is 4. The van der Waals surface area contributed by atoms with E-state index in [2.05, 4.69) is 41.4 Å². The summed E-state index contributed by atoms with van der Waals surface area (Å²) < 4.78 is 11.9. The Balaban J connectivity index is 1.69. The summed E-state index contributed by atoms with van der Waals surface area (Å²) in [5.74, 6) is 2.30. The van der Waals surface area contributed by atoms with E-state index in [1.807, 2.05) is 18.2 Å². The number of fused-ring (bicyclic) bond motifs is 1. The molecular weight excluding hydrogens is 400 g/mol. The number of nitrogens with two attached hydrogens (primary N) is 1. The molecule has 0 amide bonds. The molecule has 3 N–H and O–H groups in total. The fourth-order valence-corrected chi connectivity index (χ4v) is 2.86. The lowest BCUT2D eigenvalue weighted by Crippen LogP contribution is -2.03. The molecule has 3 aromatic heterocycles. The Hall–Kier alpha value is -3.20. The average Bonchev–Trinajstić information content (AvgIpc) is 3.06. The van der Waals surface area contributed by atoms with Crippen LogP contribution in [0.5, 0.6) is 11.6 Å². The number of hydrogen-bond acceptors (Lipinski definition) is 8. The molecule has 9 heteroatoms. The van der Waals surface area contributed by atoms with E-state index in [0.29, 0.717) is 28.7 Å². The third-order valence-electron chi connectivity index (χ3n) is 3.61. The number of aromatic nitrogens is 4. The fraction of sp³-hybridized carbons (Fsp3) is 0.0588. The van der Waals surface area contributed by atoms with Gasteiger partial charge in [0, 0.05) is 22.1 Å². The van der Waals surface area contributed by atoms with Crippen LogP contribution < -0.4 is 15.8 Å². The lowest BCUT2D eigenvalue weighted by atomic mass is 10.2. The summed E-state index contributed by atoms with van der Waals surface area (Å²) in [4.78, 5) is 12.6. The first-order valence-corrected chi connectivity index (χ1v) is 8.43. The van der Waals surface area contributed by atoms with Crippen LogP contribution in [0.2, 0.25) is 0 Å². The third kappa shape index (κ3) is 3.04. The zero-order valence-electron chi connectivity index (χ0n) is 13.6. The van der Waals surface area contributed by atoms with Crippen LogP contribution >= 0.6 is 15.9 Å². The molecule has 0 fully saturated rings. The van der Waals surface area contributed by atoms with Gasteiger partial charge in [0.1, 0.15) is 23.3 Å². The van der Waals surface area contributed by atoms with E-state index in [-0.39, 0.29) is 11.6 Å². The first kappa shape index (κ1) is 16.3. The van der Waals surface area contributed by atoms with Crippen LogP contribution in [0, 0.1) is 6.92 Å². The number of halogens is 1. The molecule has 0 unspecified atom stereocenters. The number of ether oxygens (including phenoxy) is 1. The second-order valence-electron chi connectivity index (χ2n) is 5.44. The van der Waals surface area contributed by atoms with Crippen molar-refractivity contribution in [2.45, 2.75) is 6.92 Å². The normalized spacial score (nSPS) is 10.8. The number of nitrogen functional groups attached to an aromatic ring is 1. The van der Waals surface area contributed by atoms with Gasteiger partial charge in [0.25, 0.3) is 0 Å². The topological polar surface area (TPSA) is 112 Å². The molecule has 0 radical (unpaired) electrons.